The molecule has 0 amide bonds. The van der Waals surface area contributed by atoms with Crippen LogP contribution >= 0.6 is 0 Å². The lowest BCUT2D eigenvalue weighted by atomic mass is 9.33. The normalized spacial score (nSPS) is 15.4. The molecule has 0 bridgehead atoms. The van der Waals surface area contributed by atoms with Gasteiger partial charge in [-0.15, -0.1) is 0 Å². The summed E-state index contributed by atoms with van der Waals surface area (Å²) in [6.45, 7) is 4.68. The third-order valence-corrected chi connectivity index (χ3v) is 10.0. The Bertz CT molecular complexity index is 2240. The van der Waals surface area contributed by atoms with Gasteiger partial charge in [-0.2, -0.15) is 0 Å². The van der Waals surface area contributed by atoms with Crippen LogP contribution in [0, 0.1) is 5.82 Å². The summed E-state index contributed by atoms with van der Waals surface area (Å²) in [5.41, 5.74) is 14.8. The van der Waals surface area contributed by atoms with Gasteiger partial charge in [0.2, 0.25) is 0 Å². The van der Waals surface area contributed by atoms with E-state index in [9.17, 15) is 4.39 Å². The number of rotatable bonds is 1. The average Bonchev–Trinajstić information content (AvgIpc) is 3.05. The number of fused-ring (bicyclic) bond motifs is 8. The maximum absolute atomic E-state index is 14.7. The molecule has 0 aliphatic carbocycles. The molecule has 0 aromatic heterocycles. The van der Waals surface area contributed by atoms with Crippen LogP contribution in [0.5, 0.6) is 11.5 Å². The number of hydrogen-bond acceptors (Lipinski definition) is 3. The summed E-state index contributed by atoms with van der Waals surface area (Å²) in [7, 11) is 0. The van der Waals surface area contributed by atoms with Crippen LogP contribution in [-0.4, -0.2) is 6.71 Å². The monoisotopic (exact) mass is 568 g/mol. The first-order chi connectivity index (χ1) is 21.5. The molecule has 0 fully saturated rings. The van der Waals surface area contributed by atoms with Crippen molar-refractivity contribution in [1.29, 1.82) is 0 Å². The minimum absolute atomic E-state index is 0.00823. The van der Waals surface area contributed by atoms with Crippen molar-refractivity contribution >= 4 is 57.2 Å². The Morgan fingerprint density at radius 3 is 2.02 bits per heavy atom. The van der Waals surface area contributed by atoms with Crippen LogP contribution in [0.3, 0.4) is 0 Å². The van der Waals surface area contributed by atoms with E-state index in [1.807, 2.05) is 18.2 Å². The zero-order valence-electron chi connectivity index (χ0n) is 24.3. The average molecular weight is 568 g/mol. The highest BCUT2D eigenvalue weighted by Gasteiger charge is 2.49. The van der Waals surface area contributed by atoms with Crippen LogP contribution in [0.1, 0.15) is 25.0 Å². The van der Waals surface area contributed by atoms with Crippen LogP contribution in [-0.2, 0) is 5.41 Å². The number of ether oxygens (including phenoxy) is 1. The Balaban J connectivity index is 1.38. The molecule has 10 rings (SSSR count). The first-order valence-corrected chi connectivity index (χ1v) is 15.2. The van der Waals surface area contributed by atoms with Gasteiger partial charge in [0.25, 0.3) is 6.71 Å². The number of para-hydroxylation sites is 5. The lowest BCUT2D eigenvalue weighted by Gasteiger charge is -2.50. The second kappa shape index (κ2) is 8.21. The predicted molar refractivity (Wildman–Crippen MR) is 178 cm³/mol. The van der Waals surface area contributed by atoms with E-state index in [0.717, 1.165) is 45.4 Å². The Morgan fingerprint density at radius 2 is 1.20 bits per heavy atom. The summed E-state index contributed by atoms with van der Waals surface area (Å²) in [4.78, 5) is 4.85. The van der Waals surface area contributed by atoms with Crippen LogP contribution in [0.15, 0.2) is 121 Å². The van der Waals surface area contributed by atoms with E-state index in [2.05, 4.69) is 109 Å². The Kier molecular flexibility index (Phi) is 4.51. The fourth-order valence-electron chi connectivity index (χ4n) is 8.17. The van der Waals surface area contributed by atoms with Crippen molar-refractivity contribution in [1.82, 2.24) is 0 Å². The van der Waals surface area contributed by atoms with Crippen molar-refractivity contribution in [3.05, 3.63) is 138 Å². The fourth-order valence-corrected chi connectivity index (χ4v) is 8.17. The van der Waals surface area contributed by atoms with Gasteiger partial charge in [-0.25, -0.2) is 4.39 Å². The molecule has 0 saturated heterocycles. The summed E-state index contributed by atoms with van der Waals surface area (Å²) < 4.78 is 21.2. The molecule has 5 heteroatoms. The molecule has 6 aromatic carbocycles. The molecule has 0 atom stereocenters. The SMILES string of the molecule is CC1(C)c2ccccc2N2c3cc(-c4cccc(F)c4)cc4c3B(c3cccc5c3N4c3ccccc3O5)c3cccc1c32. The number of benzene rings is 6. The zero-order chi connectivity index (χ0) is 29.3. The first kappa shape index (κ1) is 24.2. The van der Waals surface area contributed by atoms with Crippen LogP contribution < -0.4 is 30.9 Å². The standard InChI is InChI=1S/C39H26BFN2O/c1-39(2)26-12-3-4-16-30(26)42-32-21-24(23-10-7-11-25(41)20-23)22-33-36(32)40(28-14-8-13-27(39)37(28)42)29-15-9-19-35-38(29)43(33)31-17-5-6-18-34(31)44-35/h3-22H,1-2H3. The Hall–Kier alpha value is -5.29. The van der Waals surface area contributed by atoms with Crippen molar-refractivity contribution in [3.63, 3.8) is 0 Å². The quantitative estimate of drug-likeness (QED) is 0.185. The molecule has 0 N–H and O–H groups in total. The van der Waals surface area contributed by atoms with Gasteiger partial charge in [-0.1, -0.05) is 86.6 Å². The van der Waals surface area contributed by atoms with Crippen molar-refractivity contribution in [2.24, 2.45) is 0 Å². The molecule has 208 valence electrons. The van der Waals surface area contributed by atoms with Gasteiger partial charge in [-0.05, 0) is 87.2 Å². The summed E-state index contributed by atoms with van der Waals surface area (Å²) in [6.07, 6.45) is 0. The van der Waals surface area contributed by atoms with E-state index in [0.29, 0.717) is 0 Å². The third-order valence-electron chi connectivity index (χ3n) is 10.0. The minimum Gasteiger partial charge on any atom is -0.453 e. The highest BCUT2D eigenvalue weighted by Crippen LogP contribution is 2.56. The summed E-state index contributed by atoms with van der Waals surface area (Å²) >= 11 is 0. The van der Waals surface area contributed by atoms with E-state index in [1.54, 1.807) is 12.1 Å². The lowest BCUT2D eigenvalue weighted by molar-refractivity contribution is 0.477. The predicted octanol–water partition coefficient (Wildman–Crippen LogP) is 8.32. The summed E-state index contributed by atoms with van der Waals surface area (Å²) in [5, 5.41) is 0. The topological polar surface area (TPSA) is 15.7 Å². The molecular formula is C39H26BFN2O. The van der Waals surface area contributed by atoms with E-state index in [4.69, 9.17) is 4.74 Å². The number of anilines is 6. The molecule has 0 saturated carbocycles. The van der Waals surface area contributed by atoms with Gasteiger partial charge in [-0.3, -0.25) is 0 Å². The first-order valence-electron chi connectivity index (χ1n) is 15.2. The van der Waals surface area contributed by atoms with E-state index >= 15 is 0 Å². The van der Waals surface area contributed by atoms with Crippen LogP contribution in [0.4, 0.5) is 38.5 Å². The highest BCUT2D eigenvalue weighted by atomic mass is 19.1. The van der Waals surface area contributed by atoms with Crippen molar-refractivity contribution < 1.29 is 9.13 Å². The minimum atomic E-state index is -0.242. The van der Waals surface area contributed by atoms with Crippen molar-refractivity contribution in [3.8, 4) is 22.6 Å². The molecule has 6 aromatic rings. The third kappa shape index (κ3) is 2.92. The Morgan fingerprint density at radius 1 is 0.568 bits per heavy atom. The Labute approximate surface area is 255 Å². The smallest absolute Gasteiger partial charge is 0.252 e. The number of halogens is 1. The van der Waals surface area contributed by atoms with Gasteiger partial charge in [0.05, 0.1) is 17.1 Å². The molecule has 4 aliphatic heterocycles. The second-order valence-corrected chi connectivity index (χ2v) is 12.7. The van der Waals surface area contributed by atoms with Crippen molar-refractivity contribution in [2.75, 3.05) is 9.80 Å². The largest absolute Gasteiger partial charge is 0.453 e. The highest BCUT2D eigenvalue weighted by molar-refractivity contribution is 7.00. The number of hydrogen-bond donors (Lipinski definition) is 0. The van der Waals surface area contributed by atoms with Gasteiger partial charge >= 0.3 is 0 Å². The summed E-state index contributed by atoms with van der Waals surface area (Å²) in [5.74, 6) is 1.43. The van der Waals surface area contributed by atoms with Crippen LogP contribution in [0.2, 0.25) is 0 Å². The molecule has 0 unspecified atom stereocenters. The molecular weight excluding hydrogens is 542 g/mol. The van der Waals surface area contributed by atoms with E-state index in [-0.39, 0.29) is 17.9 Å². The maximum Gasteiger partial charge on any atom is 0.252 e. The molecule has 3 nitrogen and oxygen atoms in total. The molecule has 0 spiro atoms. The maximum atomic E-state index is 14.7. The summed E-state index contributed by atoms with van der Waals surface area (Å²) in [6, 6.07) is 41.8. The number of nitrogens with zero attached hydrogens (tertiary/aromatic N) is 2. The molecule has 4 aliphatic rings. The van der Waals surface area contributed by atoms with Gasteiger partial charge in [0, 0.05) is 22.5 Å². The zero-order valence-corrected chi connectivity index (χ0v) is 24.3. The lowest BCUT2D eigenvalue weighted by Crippen LogP contribution is -2.62. The van der Waals surface area contributed by atoms with Crippen LogP contribution in [0.25, 0.3) is 11.1 Å². The molecule has 0 radical (unpaired) electrons. The van der Waals surface area contributed by atoms with Gasteiger partial charge in [0.15, 0.2) is 11.5 Å². The van der Waals surface area contributed by atoms with Gasteiger partial charge in [0.1, 0.15) is 5.82 Å². The molecule has 4 heterocycles. The second-order valence-electron chi connectivity index (χ2n) is 12.7. The molecule has 44 heavy (non-hydrogen) atoms. The fraction of sp³-hybridized carbons (Fsp3) is 0.0769. The van der Waals surface area contributed by atoms with Gasteiger partial charge < -0.3 is 14.5 Å². The van der Waals surface area contributed by atoms with E-state index < -0.39 is 0 Å². The van der Waals surface area contributed by atoms with E-state index in [1.165, 1.54) is 45.0 Å². The van der Waals surface area contributed by atoms with Crippen molar-refractivity contribution in [2.45, 2.75) is 19.3 Å².